The lowest BCUT2D eigenvalue weighted by atomic mass is 9.88. The molecule has 0 heterocycles. The Morgan fingerprint density at radius 2 is 1.67 bits per heavy atom. The van der Waals surface area contributed by atoms with Crippen molar-refractivity contribution >= 4 is 5.91 Å². The molecule has 1 aromatic rings. The fourth-order valence-electron chi connectivity index (χ4n) is 2.51. The Morgan fingerprint density at radius 1 is 1.11 bits per heavy atom. The fourth-order valence-corrected chi connectivity index (χ4v) is 2.51. The third-order valence-electron chi connectivity index (χ3n) is 3.39. The van der Waals surface area contributed by atoms with Crippen LogP contribution in [0.1, 0.15) is 31.2 Å². The minimum atomic E-state index is -4.83. The van der Waals surface area contributed by atoms with E-state index in [-0.39, 0.29) is 0 Å². The zero-order valence-electron chi connectivity index (χ0n) is 9.76. The van der Waals surface area contributed by atoms with Gasteiger partial charge in [0.25, 0.3) is 0 Å². The molecule has 1 aromatic carbocycles. The summed E-state index contributed by atoms with van der Waals surface area (Å²) in [6, 6.07) is 8.88. The molecule has 0 atom stereocenters. The van der Waals surface area contributed by atoms with Crippen molar-refractivity contribution in [1.29, 1.82) is 0 Å². The van der Waals surface area contributed by atoms with Gasteiger partial charge in [-0.05, 0) is 18.4 Å². The summed E-state index contributed by atoms with van der Waals surface area (Å²) in [6.45, 7) is 0. The zero-order chi connectivity index (χ0) is 13.2. The topological polar surface area (TPSA) is 29.1 Å². The zero-order valence-corrected chi connectivity index (χ0v) is 9.76. The number of alkyl halides is 3. The number of hydrogen-bond donors (Lipinski definition) is 1. The van der Waals surface area contributed by atoms with E-state index >= 15 is 0 Å². The van der Waals surface area contributed by atoms with Crippen molar-refractivity contribution in [3.63, 3.8) is 0 Å². The highest BCUT2D eigenvalue weighted by Crippen LogP contribution is 2.39. The Morgan fingerprint density at radius 3 is 2.17 bits per heavy atom. The molecule has 0 unspecified atom stereocenters. The van der Waals surface area contributed by atoms with E-state index in [2.05, 4.69) is 5.32 Å². The van der Waals surface area contributed by atoms with Crippen LogP contribution in [-0.2, 0) is 10.3 Å². The largest absolute Gasteiger partial charge is 0.471 e. The standard InChI is InChI=1S/C13H14F3NO/c14-13(15,16)11(18)17-12(8-4-5-9-12)10-6-2-1-3-7-10/h1-3,6-7H,4-5,8-9H2,(H,17,18). The first-order valence-electron chi connectivity index (χ1n) is 5.89. The van der Waals surface area contributed by atoms with Crippen molar-refractivity contribution in [3.05, 3.63) is 35.9 Å². The molecule has 0 aliphatic heterocycles. The molecule has 0 aromatic heterocycles. The number of hydrogen-bond acceptors (Lipinski definition) is 1. The Labute approximate surface area is 103 Å². The van der Waals surface area contributed by atoms with Gasteiger partial charge >= 0.3 is 12.1 Å². The molecular formula is C13H14F3NO. The first kappa shape index (κ1) is 12.9. The van der Waals surface area contributed by atoms with Gasteiger partial charge in [0.15, 0.2) is 0 Å². The molecule has 0 spiro atoms. The number of halogens is 3. The summed E-state index contributed by atoms with van der Waals surface area (Å²) < 4.78 is 37.1. The maximum atomic E-state index is 12.4. The molecule has 2 nitrogen and oxygen atoms in total. The van der Waals surface area contributed by atoms with E-state index in [1.807, 2.05) is 0 Å². The molecule has 0 saturated heterocycles. The van der Waals surface area contributed by atoms with Gasteiger partial charge in [-0.2, -0.15) is 13.2 Å². The predicted octanol–water partition coefficient (Wildman–Crippen LogP) is 3.13. The van der Waals surface area contributed by atoms with Crippen LogP contribution < -0.4 is 5.32 Å². The third-order valence-corrected chi connectivity index (χ3v) is 3.39. The van der Waals surface area contributed by atoms with Gasteiger partial charge in [-0.3, -0.25) is 4.79 Å². The van der Waals surface area contributed by atoms with Crippen molar-refractivity contribution in [2.45, 2.75) is 37.4 Å². The van der Waals surface area contributed by atoms with E-state index in [0.717, 1.165) is 18.4 Å². The lowest BCUT2D eigenvalue weighted by molar-refractivity contribution is -0.175. The van der Waals surface area contributed by atoms with E-state index in [1.165, 1.54) is 0 Å². The highest BCUT2D eigenvalue weighted by Gasteiger charge is 2.45. The molecular weight excluding hydrogens is 243 g/mol. The quantitative estimate of drug-likeness (QED) is 0.866. The number of carbonyl (C=O) groups is 1. The third kappa shape index (κ3) is 2.49. The number of amides is 1. The van der Waals surface area contributed by atoms with Crippen LogP contribution in [0.5, 0.6) is 0 Å². The van der Waals surface area contributed by atoms with Crippen molar-refractivity contribution in [2.75, 3.05) is 0 Å². The van der Waals surface area contributed by atoms with E-state index in [1.54, 1.807) is 30.3 Å². The lowest BCUT2D eigenvalue weighted by Crippen LogP contribution is -2.49. The summed E-state index contributed by atoms with van der Waals surface area (Å²) in [4.78, 5) is 11.2. The maximum absolute atomic E-state index is 12.4. The second-order valence-electron chi connectivity index (χ2n) is 4.61. The van der Waals surface area contributed by atoms with Gasteiger partial charge < -0.3 is 5.32 Å². The average Bonchev–Trinajstić information content (AvgIpc) is 2.79. The van der Waals surface area contributed by atoms with E-state index in [9.17, 15) is 18.0 Å². The number of carbonyl (C=O) groups excluding carboxylic acids is 1. The van der Waals surface area contributed by atoms with Gasteiger partial charge in [-0.1, -0.05) is 43.2 Å². The first-order chi connectivity index (χ1) is 8.44. The van der Waals surface area contributed by atoms with Crippen molar-refractivity contribution in [3.8, 4) is 0 Å². The second-order valence-corrected chi connectivity index (χ2v) is 4.61. The van der Waals surface area contributed by atoms with Crippen LogP contribution in [0.15, 0.2) is 30.3 Å². The smallest absolute Gasteiger partial charge is 0.339 e. The summed E-state index contributed by atoms with van der Waals surface area (Å²) in [6.07, 6.45) is -2.07. The molecule has 1 fully saturated rings. The second kappa shape index (κ2) is 4.63. The first-order valence-corrected chi connectivity index (χ1v) is 5.89. The normalized spacial score (nSPS) is 18.6. The molecule has 1 aliphatic rings. The van der Waals surface area contributed by atoms with E-state index in [4.69, 9.17) is 0 Å². The van der Waals surface area contributed by atoms with Gasteiger partial charge in [-0.25, -0.2) is 0 Å². The molecule has 1 N–H and O–H groups in total. The van der Waals surface area contributed by atoms with Crippen molar-refractivity contribution in [1.82, 2.24) is 5.32 Å². The average molecular weight is 257 g/mol. The molecule has 1 saturated carbocycles. The van der Waals surface area contributed by atoms with Crippen molar-refractivity contribution in [2.24, 2.45) is 0 Å². The SMILES string of the molecule is O=C(NC1(c2ccccc2)CCCC1)C(F)(F)F. The van der Waals surface area contributed by atoms with Gasteiger partial charge in [0.1, 0.15) is 0 Å². The fraction of sp³-hybridized carbons (Fsp3) is 0.462. The van der Waals surface area contributed by atoms with Crippen LogP contribution in [0.3, 0.4) is 0 Å². The van der Waals surface area contributed by atoms with Gasteiger partial charge in [0.2, 0.25) is 0 Å². The Kier molecular flexibility index (Phi) is 3.32. The van der Waals surface area contributed by atoms with Crippen LogP contribution in [0.2, 0.25) is 0 Å². The van der Waals surface area contributed by atoms with Gasteiger partial charge in [0.05, 0.1) is 5.54 Å². The highest BCUT2D eigenvalue weighted by molar-refractivity contribution is 5.82. The van der Waals surface area contributed by atoms with Crippen LogP contribution in [-0.4, -0.2) is 12.1 Å². The molecule has 0 radical (unpaired) electrons. The summed E-state index contributed by atoms with van der Waals surface area (Å²) in [5.74, 6) is -1.85. The summed E-state index contributed by atoms with van der Waals surface area (Å²) in [7, 11) is 0. The summed E-state index contributed by atoms with van der Waals surface area (Å²) in [5.41, 5.74) is -0.103. The summed E-state index contributed by atoms with van der Waals surface area (Å²) in [5, 5.41) is 2.18. The summed E-state index contributed by atoms with van der Waals surface area (Å²) >= 11 is 0. The van der Waals surface area contributed by atoms with E-state index in [0.29, 0.717) is 12.8 Å². The minimum Gasteiger partial charge on any atom is -0.339 e. The number of nitrogens with one attached hydrogen (secondary N) is 1. The molecule has 1 amide bonds. The monoisotopic (exact) mass is 257 g/mol. The van der Waals surface area contributed by atoms with Gasteiger partial charge in [-0.15, -0.1) is 0 Å². The Balaban J connectivity index is 2.26. The lowest BCUT2D eigenvalue weighted by Gasteiger charge is -2.31. The Hall–Kier alpha value is -1.52. The van der Waals surface area contributed by atoms with Crippen LogP contribution in [0.25, 0.3) is 0 Å². The number of benzene rings is 1. The number of rotatable bonds is 2. The minimum absolute atomic E-state index is 0.554. The molecule has 18 heavy (non-hydrogen) atoms. The predicted molar refractivity (Wildman–Crippen MR) is 60.8 cm³/mol. The van der Waals surface area contributed by atoms with Gasteiger partial charge in [0, 0.05) is 0 Å². The molecule has 1 aliphatic carbocycles. The molecule has 5 heteroatoms. The maximum Gasteiger partial charge on any atom is 0.471 e. The van der Waals surface area contributed by atoms with Crippen LogP contribution in [0.4, 0.5) is 13.2 Å². The highest BCUT2D eigenvalue weighted by atomic mass is 19.4. The van der Waals surface area contributed by atoms with Crippen molar-refractivity contribution < 1.29 is 18.0 Å². The molecule has 0 bridgehead atoms. The molecule has 98 valence electrons. The Bertz CT molecular complexity index is 422. The van der Waals surface area contributed by atoms with Crippen LogP contribution in [0, 0.1) is 0 Å². The van der Waals surface area contributed by atoms with E-state index < -0.39 is 17.6 Å². The van der Waals surface area contributed by atoms with Crippen LogP contribution >= 0.6 is 0 Å². The molecule has 2 rings (SSSR count).